The predicted octanol–water partition coefficient (Wildman–Crippen LogP) is 2.99. The highest BCUT2D eigenvalue weighted by molar-refractivity contribution is 6.01. The number of urea groups is 2. The molecule has 5 atom stereocenters. The first-order valence-electron chi connectivity index (χ1n) is 25.8. The van der Waals surface area contributed by atoms with E-state index in [-0.39, 0.29) is 109 Å². The Kier molecular flexibility index (Phi) is 17.8. The number of aliphatic hydroxyl groups is 3. The van der Waals surface area contributed by atoms with E-state index in [1.165, 1.54) is 55.7 Å². The molecule has 8 rings (SSSR count). The number of hydrogen-bond donors (Lipinski definition) is 8. The number of hydrogen-bond acceptors (Lipinski definition) is 16. The van der Waals surface area contributed by atoms with Gasteiger partial charge in [-0.2, -0.15) is 19.6 Å². The van der Waals surface area contributed by atoms with Crippen molar-refractivity contribution in [1.82, 2.24) is 39.2 Å². The van der Waals surface area contributed by atoms with Crippen LogP contribution < -0.4 is 26.0 Å². The van der Waals surface area contributed by atoms with E-state index in [0.29, 0.717) is 48.6 Å². The topological polar surface area (TPSA) is 347 Å². The lowest BCUT2D eigenvalue weighted by atomic mass is 9.94. The summed E-state index contributed by atoms with van der Waals surface area (Å²) in [7, 11) is 8.22. The molecule has 3 saturated heterocycles. The van der Waals surface area contributed by atoms with Gasteiger partial charge in [0.15, 0.2) is 17.4 Å². The zero-order valence-electron chi connectivity index (χ0n) is 46.0. The maximum absolute atomic E-state index is 13.9. The molecule has 10 N–H and O–H groups in total. The number of rotatable bonds is 15. The number of nitrogens with two attached hydrogens (primary N) is 2. The molecule has 0 spiro atoms. The number of ether oxygens (including phenoxy) is 1. The van der Waals surface area contributed by atoms with E-state index in [1.807, 2.05) is 37.1 Å². The van der Waals surface area contributed by atoms with Crippen molar-refractivity contribution in [2.75, 3.05) is 77.9 Å². The highest BCUT2D eigenvalue weighted by Gasteiger charge is 2.45. The van der Waals surface area contributed by atoms with E-state index < -0.39 is 35.5 Å². The molecule has 3 aromatic carbocycles. The summed E-state index contributed by atoms with van der Waals surface area (Å²) in [6, 6.07) is 20.6. The first-order valence-corrected chi connectivity index (χ1v) is 25.8. The number of methoxy groups -OCH3 is 1. The summed E-state index contributed by atoms with van der Waals surface area (Å²) in [5, 5.41) is 64.2. The van der Waals surface area contributed by atoms with Crippen molar-refractivity contribution in [3.05, 3.63) is 124 Å². The van der Waals surface area contributed by atoms with Crippen LogP contribution in [0, 0.1) is 16.2 Å². The van der Waals surface area contributed by atoms with Crippen LogP contribution in [0.3, 0.4) is 0 Å². The normalized spacial score (nSPS) is 18.9. The van der Waals surface area contributed by atoms with Crippen LogP contribution in [0.15, 0.2) is 78.9 Å². The van der Waals surface area contributed by atoms with Gasteiger partial charge in [-0.15, -0.1) is 0 Å². The average molecular weight is 1100 g/mol. The molecule has 4 amide bonds. The highest BCUT2D eigenvalue weighted by atomic mass is 16.5. The number of carboxylic acids is 1. The van der Waals surface area contributed by atoms with Gasteiger partial charge in [0, 0.05) is 102 Å². The van der Waals surface area contributed by atoms with Crippen molar-refractivity contribution < 1.29 is 53.9 Å². The minimum atomic E-state index is -1.20. The number of aromatic nitrogens is 4. The Hall–Kier alpha value is -8.68. The molecule has 0 saturated carbocycles. The van der Waals surface area contributed by atoms with Gasteiger partial charge >= 0.3 is 18.0 Å². The Morgan fingerprint density at radius 3 is 1.91 bits per heavy atom. The predicted molar refractivity (Wildman–Crippen MR) is 295 cm³/mol. The first-order chi connectivity index (χ1) is 37.8. The Morgan fingerprint density at radius 2 is 1.39 bits per heavy atom. The van der Waals surface area contributed by atoms with Gasteiger partial charge in [0.2, 0.25) is 0 Å². The number of benzene rings is 3. The number of nitrogens with one attached hydrogen (secondary N) is 2. The third-order valence-electron chi connectivity index (χ3n) is 14.6. The number of ketones is 1. The van der Waals surface area contributed by atoms with E-state index in [2.05, 4.69) is 10.2 Å². The first kappa shape index (κ1) is 59.0. The molecule has 25 nitrogen and oxygen atoms in total. The number of amidine groups is 2. The third-order valence-corrected chi connectivity index (χ3v) is 14.6. The molecule has 3 aliphatic heterocycles. The maximum Gasteiger partial charge on any atom is 0.335 e. The smallest absolute Gasteiger partial charge is 0.335 e. The summed E-state index contributed by atoms with van der Waals surface area (Å²) >= 11 is 0. The Labute approximate surface area is 462 Å². The lowest BCUT2D eigenvalue weighted by Crippen LogP contribution is -2.46. The molecule has 0 bridgehead atoms. The molecule has 25 heteroatoms. The summed E-state index contributed by atoms with van der Waals surface area (Å²) in [5.74, 6) is -2.81. The SMILES string of the molecule is CC1C(c2cc(N(C)Cc3ccc(C(=N)N)cc3)n(C(=O)C(C)(C)CO)n2)CC(O)N1C(=O)N(C)C.COc1c(C2CN(C(=O)N3CCC(O)C3)CC2=O)nn(C(=O)c2cccc(C(=O)O)c2)c1N(C)Cc1ccc(C(=N)N)cc1. The molecule has 5 unspecified atom stereocenters. The zero-order valence-corrected chi connectivity index (χ0v) is 46.0. The van der Waals surface area contributed by atoms with Crippen LogP contribution in [0.25, 0.3) is 0 Å². The lowest BCUT2D eigenvalue weighted by molar-refractivity contribution is -0.118. The van der Waals surface area contributed by atoms with E-state index in [0.717, 1.165) is 15.8 Å². The van der Waals surface area contributed by atoms with Crippen molar-refractivity contribution in [3.8, 4) is 5.75 Å². The van der Waals surface area contributed by atoms with Crippen LogP contribution >= 0.6 is 0 Å². The average Bonchev–Trinajstić information content (AvgIpc) is 4.42. The van der Waals surface area contributed by atoms with Crippen molar-refractivity contribution in [2.45, 2.75) is 76.9 Å². The number of carboxylic acid groups (broad SMARTS) is 1. The molecule has 2 aromatic heterocycles. The summed E-state index contributed by atoms with van der Waals surface area (Å²) in [4.78, 5) is 87.3. The number of aliphatic hydroxyl groups excluding tert-OH is 3. The van der Waals surface area contributed by atoms with Gasteiger partial charge in [-0.3, -0.25) is 30.1 Å². The van der Waals surface area contributed by atoms with Crippen LogP contribution in [0.5, 0.6) is 5.75 Å². The maximum atomic E-state index is 13.9. The minimum absolute atomic E-state index is 0.00991. The summed E-state index contributed by atoms with van der Waals surface area (Å²) in [6.45, 7) is 5.97. The number of β-amino-alcohol motifs (C(OH)–C–C–N with tert-alkyl or cyclic N) is 1. The van der Waals surface area contributed by atoms with Crippen LogP contribution in [-0.4, -0.2) is 193 Å². The lowest BCUT2D eigenvalue weighted by Gasteiger charge is -2.29. The number of nitrogens with zero attached hydrogens (tertiary/aromatic N) is 10. The van der Waals surface area contributed by atoms with Gasteiger partial charge in [0.1, 0.15) is 29.4 Å². The molecule has 3 fully saturated rings. The molecular formula is C55H70N14O11. The fraction of sp³-hybridized carbons (Fsp3) is 0.418. The number of aromatic carboxylic acids is 1. The van der Waals surface area contributed by atoms with Crippen molar-refractivity contribution in [1.29, 1.82) is 10.8 Å². The standard InChI is InChI=1S/C30H33N7O7.C25H37N7O4/c1-34(13-17-6-8-18(9-7-17)26(31)32)27-25(44-2)24(33-37(27)28(40)19-4-3-5-20(12-19)29(41)42)22-15-36(16-23(22)39)30(43)35-11-10-21(38)14-35;1-15-18(11-21(34)31(15)24(36)29(4)5)19-12-20(32(28-19)23(35)25(2,3)14-33)30(6)13-16-7-9-17(10-8-16)22(26)27/h3-9,12,21-22,38H,10-11,13-16H2,1-2H3,(H3,31,32)(H,41,42);7-10,12,15,18,21,33-34H,11,13-14H2,1-6H3,(H3,26,27). The second kappa shape index (κ2) is 24.1. The molecule has 426 valence electrons. The summed E-state index contributed by atoms with van der Waals surface area (Å²) in [6.07, 6.45) is -0.805. The fourth-order valence-corrected chi connectivity index (χ4v) is 9.94. The molecular weight excluding hydrogens is 1030 g/mol. The van der Waals surface area contributed by atoms with Crippen molar-refractivity contribution in [2.24, 2.45) is 16.9 Å². The third kappa shape index (κ3) is 12.4. The van der Waals surface area contributed by atoms with Crippen LogP contribution in [0.2, 0.25) is 0 Å². The van der Waals surface area contributed by atoms with Gasteiger partial charge in [-0.25, -0.2) is 14.4 Å². The zero-order chi connectivity index (χ0) is 58.7. The number of Topliss-reactive ketones (excluding diaryl/α,β-unsaturated/α-hetero) is 1. The van der Waals surface area contributed by atoms with Gasteiger partial charge in [0.25, 0.3) is 11.8 Å². The van der Waals surface area contributed by atoms with Crippen molar-refractivity contribution >= 4 is 58.9 Å². The van der Waals surface area contributed by atoms with E-state index in [9.17, 15) is 49.2 Å². The van der Waals surface area contributed by atoms with Crippen LogP contribution in [-0.2, 0) is 17.9 Å². The fourth-order valence-electron chi connectivity index (χ4n) is 9.94. The Morgan fingerprint density at radius 1 is 0.800 bits per heavy atom. The Bertz CT molecular complexity index is 3170. The molecule has 3 aliphatic rings. The van der Waals surface area contributed by atoms with Gasteiger partial charge in [0.05, 0.1) is 49.0 Å². The molecule has 5 aromatic rings. The van der Waals surface area contributed by atoms with Crippen molar-refractivity contribution in [3.63, 3.8) is 0 Å². The van der Waals surface area contributed by atoms with Crippen LogP contribution in [0.1, 0.15) is 105 Å². The molecule has 5 heterocycles. The van der Waals surface area contributed by atoms with Gasteiger partial charge in [-0.05, 0) is 56.5 Å². The monoisotopic (exact) mass is 1100 g/mol. The number of carbonyl (C=O) groups excluding carboxylic acids is 5. The number of likely N-dealkylation sites (tertiary alicyclic amines) is 3. The highest BCUT2D eigenvalue weighted by Crippen LogP contribution is 2.41. The largest absolute Gasteiger partial charge is 0.491 e. The van der Waals surface area contributed by atoms with Crippen LogP contribution in [0.4, 0.5) is 21.2 Å². The van der Waals surface area contributed by atoms with E-state index in [1.54, 1.807) is 76.3 Å². The quantitative estimate of drug-likeness (QED) is 0.0552. The number of carbonyl (C=O) groups is 6. The van der Waals surface area contributed by atoms with Gasteiger partial charge in [-0.1, -0.05) is 54.6 Å². The van der Waals surface area contributed by atoms with E-state index >= 15 is 0 Å². The number of nitrogen functional groups attached to an aromatic ring is 2. The summed E-state index contributed by atoms with van der Waals surface area (Å²) < 4.78 is 8.17. The second-order valence-electron chi connectivity index (χ2n) is 21.2. The second-order valence-corrected chi connectivity index (χ2v) is 21.2. The number of amides is 4. The molecule has 80 heavy (non-hydrogen) atoms. The molecule has 0 radical (unpaired) electrons. The van der Waals surface area contributed by atoms with Gasteiger partial charge < -0.3 is 61.1 Å². The van der Waals surface area contributed by atoms with E-state index in [4.69, 9.17) is 27.0 Å². The molecule has 0 aliphatic carbocycles. The summed E-state index contributed by atoms with van der Waals surface area (Å²) in [5.41, 5.74) is 13.7. The number of anilines is 2. The Balaban J connectivity index is 0.000000236. The minimum Gasteiger partial charge on any atom is -0.491 e.